The highest BCUT2D eigenvalue weighted by Gasteiger charge is 2.21. The second-order valence-corrected chi connectivity index (χ2v) is 4.33. The summed E-state index contributed by atoms with van der Waals surface area (Å²) in [6.45, 7) is 8.59. The Morgan fingerprint density at radius 3 is 2.43 bits per heavy atom. The molecule has 0 aliphatic carbocycles. The quantitative estimate of drug-likeness (QED) is 0.743. The largest absolute Gasteiger partial charge is 0.353 e. The van der Waals surface area contributed by atoms with Crippen molar-refractivity contribution >= 4 is 5.91 Å². The molecule has 3 nitrogen and oxygen atoms in total. The molecule has 1 aliphatic heterocycles. The first-order chi connectivity index (χ1) is 6.63. The summed E-state index contributed by atoms with van der Waals surface area (Å²) >= 11 is 0. The molecule has 0 aromatic rings. The topological polar surface area (TPSA) is 32.3 Å². The zero-order chi connectivity index (χ0) is 10.6. The number of amides is 1. The Hall–Kier alpha value is -0.570. The van der Waals surface area contributed by atoms with Gasteiger partial charge in [0.1, 0.15) is 0 Å². The van der Waals surface area contributed by atoms with Crippen molar-refractivity contribution in [2.24, 2.45) is 0 Å². The highest BCUT2D eigenvalue weighted by molar-refractivity contribution is 5.75. The number of carbonyl (C=O) groups excluding carboxylic acids is 1. The summed E-state index contributed by atoms with van der Waals surface area (Å²) in [6, 6.07) is 1.05. The lowest BCUT2D eigenvalue weighted by atomic mass is 10.0. The summed E-state index contributed by atoms with van der Waals surface area (Å²) in [4.78, 5) is 13.6. The third-order valence-electron chi connectivity index (χ3n) is 2.95. The summed E-state index contributed by atoms with van der Waals surface area (Å²) in [5.41, 5.74) is 0. The predicted octanol–water partition coefficient (Wildman–Crippen LogP) is 1.39. The van der Waals surface area contributed by atoms with Crippen molar-refractivity contribution in [3.8, 4) is 0 Å². The number of rotatable bonds is 3. The van der Waals surface area contributed by atoms with E-state index in [0.717, 1.165) is 25.9 Å². The minimum absolute atomic E-state index is 0.188. The van der Waals surface area contributed by atoms with E-state index >= 15 is 0 Å². The van der Waals surface area contributed by atoms with Crippen LogP contribution in [0.25, 0.3) is 0 Å². The van der Waals surface area contributed by atoms with Gasteiger partial charge in [-0.2, -0.15) is 0 Å². The Morgan fingerprint density at radius 1 is 1.43 bits per heavy atom. The fraction of sp³-hybridized carbons (Fsp3) is 0.909. The highest BCUT2D eigenvalue weighted by Crippen LogP contribution is 2.12. The standard InChI is InChI=1S/C11H22N2O/c1-4-11(14)12-10-5-7-13(8-6-10)9(2)3/h9-10H,4-8H2,1-3H3,(H,12,14). The SMILES string of the molecule is CCC(=O)NC1CCN(C(C)C)CC1. The van der Waals surface area contributed by atoms with Crippen LogP contribution < -0.4 is 5.32 Å². The van der Waals surface area contributed by atoms with Gasteiger partial charge in [-0.3, -0.25) is 4.79 Å². The van der Waals surface area contributed by atoms with Crippen molar-refractivity contribution in [1.82, 2.24) is 10.2 Å². The fourth-order valence-electron chi connectivity index (χ4n) is 1.89. The van der Waals surface area contributed by atoms with Crippen molar-refractivity contribution in [2.75, 3.05) is 13.1 Å². The Labute approximate surface area is 86.9 Å². The normalized spacial score (nSPS) is 20.0. The molecule has 0 spiro atoms. The van der Waals surface area contributed by atoms with E-state index in [1.54, 1.807) is 0 Å². The first-order valence-electron chi connectivity index (χ1n) is 5.67. The average Bonchev–Trinajstić information content (AvgIpc) is 2.18. The van der Waals surface area contributed by atoms with Crippen LogP contribution in [-0.2, 0) is 4.79 Å². The van der Waals surface area contributed by atoms with Crippen LogP contribution in [0.3, 0.4) is 0 Å². The van der Waals surface area contributed by atoms with Gasteiger partial charge in [0.05, 0.1) is 0 Å². The molecule has 0 aromatic heterocycles. The summed E-state index contributed by atoms with van der Waals surface area (Å²) in [5.74, 6) is 0.188. The summed E-state index contributed by atoms with van der Waals surface area (Å²) in [6.07, 6.45) is 2.80. The molecule has 1 rings (SSSR count). The van der Waals surface area contributed by atoms with Gasteiger partial charge in [-0.05, 0) is 26.7 Å². The molecular weight excluding hydrogens is 176 g/mol. The maximum atomic E-state index is 11.2. The molecule has 3 heteroatoms. The minimum atomic E-state index is 0.188. The molecule has 82 valence electrons. The molecule has 14 heavy (non-hydrogen) atoms. The second-order valence-electron chi connectivity index (χ2n) is 4.33. The molecule has 1 fully saturated rings. The van der Waals surface area contributed by atoms with Gasteiger partial charge in [0, 0.05) is 31.6 Å². The molecule has 1 heterocycles. The maximum absolute atomic E-state index is 11.2. The van der Waals surface area contributed by atoms with Crippen molar-refractivity contribution < 1.29 is 4.79 Å². The zero-order valence-corrected chi connectivity index (χ0v) is 9.55. The van der Waals surface area contributed by atoms with Crippen molar-refractivity contribution in [3.63, 3.8) is 0 Å². The summed E-state index contributed by atoms with van der Waals surface area (Å²) in [5, 5.41) is 3.06. The van der Waals surface area contributed by atoms with Crippen molar-refractivity contribution in [1.29, 1.82) is 0 Å². The van der Waals surface area contributed by atoms with Crippen molar-refractivity contribution in [3.05, 3.63) is 0 Å². The third kappa shape index (κ3) is 3.29. The van der Waals surface area contributed by atoms with Crippen molar-refractivity contribution in [2.45, 2.75) is 52.1 Å². The number of nitrogens with one attached hydrogen (secondary N) is 1. The van der Waals surface area contributed by atoms with Gasteiger partial charge in [0.25, 0.3) is 0 Å². The van der Waals surface area contributed by atoms with Crippen LogP contribution in [0.1, 0.15) is 40.0 Å². The summed E-state index contributed by atoms with van der Waals surface area (Å²) in [7, 11) is 0. The Balaban J connectivity index is 2.25. The van der Waals surface area contributed by atoms with Gasteiger partial charge in [0.15, 0.2) is 0 Å². The van der Waals surface area contributed by atoms with Gasteiger partial charge in [-0.25, -0.2) is 0 Å². The lowest BCUT2D eigenvalue weighted by Gasteiger charge is -2.34. The van der Waals surface area contributed by atoms with Crippen LogP contribution in [-0.4, -0.2) is 36.0 Å². The van der Waals surface area contributed by atoms with Crippen LogP contribution in [0.5, 0.6) is 0 Å². The van der Waals surface area contributed by atoms with Gasteiger partial charge >= 0.3 is 0 Å². The monoisotopic (exact) mass is 198 g/mol. The molecule has 0 radical (unpaired) electrons. The molecule has 0 saturated carbocycles. The molecular formula is C11H22N2O. The van der Waals surface area contributed by atoms with Crippen LogP contribution in [0, 0.1) is 0 Å². The molecule has 1 aliphatic rings. The van der Waals surface area contributed by atoms with Crippen LogP contribution >= 0.6 is 0 Å². The predicted molar refractivity (Wildman–Crippen MR) is 58.2 cm³/mol. The Bertz CT molecular complexity index is 184. The van der Waals surface area contributed by atoms with E-state index in [1.807, 2.05) is 6.92 Å². The van der Waals surface area contributed by atoms with Crippen LogP contribution in [0.15, 0.2) is 0 Å². The first kappa shape index (κ1) is 11.5. The van der Waals surface area contributed by atoms with E-state index in [9.17, 15) is 4.79 Å². The number of hydrogen-bond acceptors (Lipinski definition) is 2. The molecule has 1 saturated heterocycles. The Morgan fingerprint density at radius 2 is 2.00 bits per heavy atom. The van der Waals surface area contributed by atoms with E-state index in [1.165, 1.54) is 0 Å². The van der Waals surface area contributed by atoms with Gasteiger partial charge in [0.2, 0.25) is 5.91 Å². The minimum Gasteiger partial charge on any atom is -0.353 e. The van der Waals surface area contributed by atoms with E-state index in [4.69, 9.17) is 0 Å². The molecule has 1 amide bonds. The number of piperidine rings is 1. The van der Waals surface area contributed by atoms with Gasteiger partial charge < -0.3 is 10.2 Å². The van der Waals surface area contributed by atoms with E-state index in [2.05, 4.69) is 24.1 Å². The highest BCUT2D eigenvalue weighted by atomic mass is 16.1. The van der Waals surface area contributed by atoms with Crippen LogP contribution in [0.4, 0.5) is 0 Å². The van der Waals surface area contributed by atoms with E-state index in [0.29, 0.717) is 18.5 Å². The van der Waals surface area contributed by atoms with E-state index < -0.39 is 0 Å². The lowest BCUT2D eigenvalue weighted by Crippen LogP contribution is -2.46. The van der Waals surface area contributed by atoms with Gasteiger partial charge in [-0.1, -0.05) is 6.92 Å². The van der Waals surface area contributed by atoms with E-state index in [-0.39, 0.29) is 5.91 Å². The lowest BCUT2D eigenvalue weighted by molar-refractivity contribution is -0.121. The number of hydrogen-bond donors (Lipinski definition) is 1. The number of nitrogens with zero attached hydrogens (tertiary/aromatic N) is 1. The Kier molecular flexibility index (Phi) is 4.39. The van der Waals surface area contributed by atoms with Gasteiger partial charge in [-0.15, -0.1) is 0 Å². The smallest absolute Gasteiger partial charge is 0.219 e. The third-order valence-corrected chi connectivity index (χ3v) is 2.95. The zero-order valence-electron chi connectivity index (χ0n) is 9.55. The second kappa shape index (κ2) is 5.35. The van der Waals surface area contributed by atoms with Crippen LogP contribution in [0.2, 0.25) is 0 Å². The number of likely N-dealkylation sites (tertiary alicyclic amines) is 1. The molecule has 0 bridgehead atoms. The maximum Gasteiger partial charge on any atom is 0.219 e. The molecule has 0 aromatic carbocycles. The average molecular weight is 198 g/mol. The number of carbonyl (C=O) groups is 1. The molecule has 0 atom stereocenters. The molecule has 0 unspecified atom stereocenters. The molecule has 1 N–H and O–H groups in total. The fourth-order valence-corrected chi connectivity index (χ4v) is 1.89. The summed E-state index contributed by atoms with van der Waals surface area (Å²) < 4.78 is 0. The first-order valence-corrected chi connectivity index (χ1v) is 5.67.